The van der Waals surface area contributed by atoms with Crippen LogP contribution >= 0.6 is 12.2 Å². The molecule has 3 rings (SSSR count). The van der Waals surface area contributed by atoms with Crippen LogP contribution in [0.5, 0.6) is 0 Å². The van der Waals surface area contributed by atoms with Gasteiger partial charge >= 0.3 is 0 Å². The first-order valence-corrected chi connectivity index (χ1v) is 9.20. The lowest BCUT2D eigenvalue weighted by Crippen LogP contribution is -2.33. The van der Waals surface area contributed by atoms with Crippen LogP contribution < -0.4 is 10.6 Å². The summed E-state index contributed by atoms with van der Waals surface area (Å²) in [6.07, 6.45) is 0. The minimum Gasteiger partial charge on any atom is -0.352 e. The average molecular weight is 361 g/mol. The number of rotatable bonds is 4. The summed E-state index contributed by atoms with van der Waals surface area (Å²) < 4.78 is 0. The van der Waals surface area contributed by atoms with Crippen LogP contribution in [0, 0.1) is 20.8 Å². The first-order chi connectivity index (χ1) is 12.5. The molecule has 2 N–H and O–H groups in total. The van der Waals surface area contributed by atoms with Crippen LogP contribution in [-0.2, 0) is 0 Å². The molecule has 3 heteroatoms. The molecule has 1 unspecified atom stereocenters. The van der Waals surface area contributed by atoms with Crippen LogP contribution in [-0.4, -0.2) is 5.11 Å². The molecule has 2 nitrogen and oxygen atoms in total. The number of nitrogens with one attached hydrogen (secondary N) is 2. The highest BCUT2D eigenvalue weighted by Gasteiger charge is 2.15. The maximum absolute atomic E-state index is 5.59. The van der Waals surface area contributed by atoms with Crippen LogP contribution in [0.4, 0.5) is 5.69 Å². The monoisotopic (exact) mass is 360 g/mol. The highest BCUT2D eigenvalue weighted by molar-refractivity contribution is 7.80. The Kier molecular flexibility index (Phi) is 5.69. The molecule has 0 aromatic heterocycles. The average Bonchev–Trinajstić information content (AvgIpc) is 2.64. The van der Waals surface area contributed by atoms with Gasteiger partial charge < -0.3 is 10.6 Å². The Labute approximate surface area is 161 Å². The maximum atomic E-state index is 5.59. The molecule has 0 bridgehead atoms. The van der Waals surface area contributed by atoms with Gasteiger partial charge in [0.2, 0.25) is 0 Å². The summed E-state index contributed by atoms with van der Waals surface area (Å²) in [5.74, 6) is 0. The van der Waals surface area contributed by atoms with Gasteiger partial charge in [-0.25, -0.2) is 0 Å². The fourth-order valence-corrected chi connectivity index (χ4v) is 3.12. The third kappa shape index (κ3) is 4.50. The molecule has 0 aliphatic heterocycles. The quantitative estimate of drug-likeness (QED) is 0.585. The van der Waals surface area contributed by atoms with Gasteiger partial charge in [0.05, 0.1) is 6.04 Å². The first-order valence-electron chi connectivity index (χ1n) is 8.79. The van der Waals surface area contributed by atoms with Crippen LogP contribution in [0.25, 0.3) is 0 Å². The Morgan fingerprint density at radius 3 is 2.08 bits per heavy atom. The van der Waals surface area contributed by atoms with E-state index < -0.39 is 0 Å². The van der Waals surface area contributed by atoms with E-state index in [1.165, 1.54) is 27.8 Å². The zero-order chi connectivity index (χ0) is 18.5. The largest absolute Gasteiger partial charge is 0.352 e. The van der Waals surface area contributed by atoms with E-state index >= 15 is 0 Å². The topological polar surface area (TPSA) is 24.1 Å². The Bertz CT molecular complexity index is 886. The lowest BCUT2D eigenvalue weighted by molar-refractivity contribution is 0.768. The summed E-state index contributed by atoms with van der Waals surface area (Å²) >= 11 is 5.59. The summed E-state index contributed by atoms with van der Waals surface area (Å²) in [5.41, 5.74) is 7.14. The van der Waals surface area contributed by atoms with Gasteiger partial charge in [0, 0.05) is 5.69 Å². The number of aryl methyl sites for hydroxylation is 3. The summed E-state index contributed by atoms with van der Waals surface area (Å²) in [4.78, 5) is 0. The molecule has 0 fully saturated rings. The van der Waals surface area contributed by atoms with E-state index in [9.17, 15) is 0 Å². The van der Waals surface area contributed by atoms with Gasteiger partial charge in [0.15, 0.2) is 5.11 Å². The fourth-order valence-electron chi connectivity index (χ4n) is 2.88. The van der Waals surface area contributed by atoms with E-state index in [1.807, 2.05) is 6.07 Å². The fraction of sp³-hybridized carbons (Fsp3) is 0.174. The molecule has 0 radical (unpaired) electrons. The van der Waals surface area contributed by atoms with Crippen molar-refractivity contribution >= 4 is 23.0 Å². The van der Waals surface area contributed by atoms with Crippen molar-refractivity contribution in [2.45, 2.75) is 26.8 Å². The summed E-state index contributed by atoms with van der Waals surface area (Å²) in [6, 6.07) is 25.2. The van der Waals surface area contributed by atoms with Crippen molar-refractivity contribution in [1.29, 1.82) is 0 Å². The van der Waals surface area contributed by atoms with Crippen molar-refractivity contribution in [2.75, 3.05) is 5.32 Å². The van der Waals surface area contributed by atoms with Crippen molar-refractivity contribution < 1.29 is 0 Å². The van der Waals surface area contributed by atoms with E-state index in [1.54, 1.807) is 0 Å². The zero-order valence-electron chi connectivity index (χ0n) is 15.4. The van der Waals surface area contributed by atoms with Gasteiger partial charge in [-0.15, -0.1) is 0 Å². The second-order valence-corrected chi connectivity index (χ2v) is 7.06. The molecule has 0 amide bonds. The lowest BCUT2D eigenvalue weighted by atomic mass is 9.98. The van der Waals surface area contributed by atoms with Crippen molar-refractivity contribution in [3.63, 3.8) is 0 Å². The number of thiocarbonyl (C=S) groups is 1. The summed E-state index contributed by atoms with van der Waals surface area (Å²) in [5, 5.41) is 7.40. The summed E-state index contributed by atoms with van der Waals surface area (Å²) in [7, 11) is 0. The van der Waals surface area contributed by atoms with Gasteiger partial charge in [-0.1, -0.05) is 66.2 Å². The molecule has 132 valence electrons. The van der Waals surface area contributed by atoms with Crippen LogP contribution in [0.15, 0.2) is 72.8 Å². The minimum atomic E-state index is 0.00310. The third-order valence-corrected chi connectivity index (χ3v) is 4.80. The zero-order valence-corrected chi connectivity index (χ0v) is 16.2. The molecule has 3 aromatic rings. The number of hydrogen-bond acceptors (Lipinski definition) is 1. The normalized spacial score (nSPS) is 11.7. The second kappa shape index (κ2) is 8.15. The third-order valence-electron chi connectivity index (χ3n) is 4.58. The predicted octanol–water partition coefficient (Wildman–Crippen LogP) is 5.69. The molecule has 1 atom stereocenters. The standard InChI is InChI=1S/C23H24N2S/c1-16-9-12-20(13-10-16)22(19-7-5-4-6-8-19)25-23(26)24-21-14-11-17(2)18(3)15-21/h4-15,22H,1-3H3,(H2,24,25,26). The van der Waals surface area contributed by atoms with Crippen molar-refractivity contribution in [3.05, 3.63) is 101 Å². The van der Waals surface area contributed by atoms with Crippen LogP contribution in [0.3, 0.4) is 0 Å². The van der Waals surface area contributed by atoms with Crippen molar-refractivity contribution in [2.24, 2.45) is 0 Å². The number of benzene rings is 3. The maximum Gasteiger partial charge on any atom is 0.171 e. The van der Waals surface area contributed by atoms with E-state index in [-0.39, 0.29) is 6.04 Å². The predicted molar refractivity (Wildman–Crippen MR) is 115 cm³/mol. The van der Waals surface area contributed by atoms with E-state index in [2.05, 4.69) is 98.1 Å². The van der Waals surface area contributed by atoms with Crippen LogP contribution in [0.2, 0.25) is 0 Å². The molecule has 0 aliphatic rings. The van der Waals surface area contributed by atoms with Gasteiger partial charge in [-0.05, 0) is 67.4 Å². The molecule has 0 aliphatic carbocycles. The first kappa shape index (κ1) is 18.2. The second-order valence-electron chi connectivity index (χ2n) is 6.65. The minimum absolute atomic E-state index is 0.00310. The van der Waals surface area contributed by atoms with Crippen molar-refractivity contribution in [3.8, 4) is 0 Å². The highest BCUT2D eigenvalue weighted by Crippen LogP contribution is 2.23. The molecule has 3 aromatic carbocycles. The molecule has 0 saturated heterocycles. The highest BCUT2D eigenvalue weighted by atomic mass is 32.1. The van der Waals surface area contributed by atoms with Crippen molar-refractivity contribution in [1.82, 2.24) is 5.32 Å². The van der Waals surface area contributed by atoms with Gasteiger partial charge in [-0.2, -0.15) is 0 Å². The number of anilines is 1. The van der Waals surface area contributed by atoms with Gasteiger partial charge in [0.1, 0.15) is 0 Å². The molecular weight excluding hydrogens is 336 g/mol. The Morgan fingerprint density at radius 1 is 0.769 bits per heavy atom. The molecule has 0 heterocycles. The molecule has 26 heavy (non-hydrogen) atoms. The smallest absolute Gasteiger partial charge is 0.171 e. The Hall–Kier alpha value is -2.65. The molecule has 0 spiro atoms. The Morgan fingerprint density at radius 2 is 1.42 bits per heavy atom. The molecule has 0 saturated carbocycles. The molecular formula is C23H24N2S. The lowest BCUT2D eigenvalue weighted by Gasteiger charge is -2.22. The summed E-state index contributed by atoms with van der Waals surface area (Å²) in [6.45, 7) is 6.31. The van der Waals surface area contributed by atoms with Gasteiger partial charge in [-0.3, -0.25) is 0 Å². The number of hydrogen-bond donors (Lipinski definition) is 2. The SMILES string of the molecule is Cc1ccc(C(NC(=S)Nc2ccc(C)c(C)c2)c2ccccc2)cc1. The van der Waals surface area contributed by atoms with E-state index in [4.69, 9.17) is 12.2 Å². The Balaban J connectivity index is 1.82. The van der Waals surface area contributed by atoms with Gasteiger partial charge in [0.25, 0.3) is 0 Å². The van der Waals surface area contributed by atoms with E-state index in [0.717, 1.165) is 5.69 Å². The van der Waals surface area contributed by atoms with E-state index in [0.29, 0.717) is 5.11 Å². The van der Waals surface area contributed by atoms with Crippen LogP contribution in [0.1, 0.15) is 33.9 Å².